The quantitative estimate of drug-likeness (QED) is 0.521. The molecule has 4 heteroatoms. The molecule has 4 aliphatic heterocycles. The second kappa shape index (κ2) is 4.75. The van der Waals surface area contributed by atoms with E-state index in [9.17, 15) is 0 Å². The highest BCUT2D eigenvalue weighted by atomic mass is 15.1. The van der Waals surface area contributed by atoms with Crippen molar-refractivity contribution in [2.24, 2.45) is 5.92 Å². The van der Waals surface area contributed by atoms with Crippen molar-refractivity contribution < 1.29 is 0 Å². The van der Waals surface area contributed by atoms with Gasteiger partial charge in [0.1, 0.15) is 0 Å². The molecule has 0 aromatic rings. The number of hydrogen-bond acceptors (Lipinski definition) is 4. The fourth-order valence-corrected chi connectivity index (χ4v) is 4.61. The van der Waals surface area contributed by atoms with E-state index < -0.39 is 0 Å². The Morgan fingerprint density at radius 1 is 0.611 bits per heavy atom. The largest absolute Gasteiger partial charge is 0.314 e. The highest BCUT2D eigenvalue weighted by Crippen LogP contribution is 2.28. The molecular formula is C14H26N4. The van der Waals surface area contributed by atoms with Crippen molar-refractivity contribution in [1.29, 1.82) is 0 Å². The zero-order valence-electron chi connectivity index (χ0n) is 11.1. The number of fused-ring (bicyclic) bond motifs is 2. The summed E-state index contributed by atoms with van der Waals surface area (Å²) in [5.74, 6) is 0.894. The standard InChI is InChI=1S/C14H26N4/c1-2-11(18-12-4-6-15-10(1)12)14-7-13-9(8-17-14)3-5-16-13/h9-18H,1-8H2. The molecule has 18 heavy (non-hydrogen) atoms. The summed E-state index contributed by atoms with van der Waals surface area (Å²) in [6, 6.07) is 3.67. The molecule has 0 aromatic heterocycles. The molecule has 0 spiro atoms. The van der Waals surface area contributed by atoms with Gasteiger partial charge in [-0.2, -0.15) is 0 Å². The zero-order chi connectivity index (χ0) is 11.9. The van der Waals surface area contributed by atoms with Gasteiger partial charge in [-0.05, 0) is 57.7 Å². The topological polar surface area (TPSA) is 48.1 Å². The highest BCUT2D eigenvalue weighted by Gasteiger charge is 2.40. The first-order chi connectivity index (χ1) is 8.90. The average molecular weight is 250 g/mol. The van der Waals surface area contributed by atoms with Crippen LogP contribution in [-0.4, -0.2) is 49.8 Å². The summed E-state index contributed by atoms with van der Waals surface area (Å²) in [5, 5.41) is 15.0. The smallest absolute Gasteiger partial charge is 0.0236 e. The third-order valence-corrected chi connectivity index (χ3v) is 5.69. The lowest BCUT2D eigenvalue weighted by molar-refractivity contribution is 0.191. The number of nitrogens with one attached hydrogen (secondary N) is 4. The van der Waals surface area contributed by atoms with Gasteiger partial charge in [-0.3, -0.25) is 0 Å². The van der Waals surface area contributed by atoms with Crippen LogP contribution in [0.4, 0.5) is 0 Å². The summed E-state index contributed by atoms with van der Waals surface area (Å²) in [6.45, 7) is 3.67. The first-order valence-electron chi connectivity index (χ1n) is 7.86. The number of rotatable bonds is 1. The van der Waals surface area contributed by atoms with E-state index in [1.807, 2.05) is 0 Å². The lowest BCUT2D eigenvalue weighted by Gasteiger charge is -2.42. The van der Waals surface area contributed by atoms with Gasteiger partial charge in [0.15, 0.2) is 0 Å². The first kappa shape index (κ1) is 11.6. The van der Waals surface area contributed by atoms with Crippen molar-refractivity contribution in [3.05, 3.63) is 0 Å². The molecule has 4 N–H and O–H groups in total. The van der Waals surface area contributed by atoms with Gasteiger partial charge < -0.3 is 21.3 Å². The van der Waals surface area contributed by atoms with Crippen molar-refractivity contribution in [2.45, 2.75) is 62.3 Å². The van der Waals surface area contributed by atoms with Crippen molar-refractivity contribution in [3.63, 3.8) is 0 Å². The van der Waals surface area contributed by atoms with Crippen LogP contribution in [-0.2, 0) is 0 Å². The van der Waals surface area contributed by atoms with Gasteiger partial charge in [0, 0.05) is 30.2 Å². The summed E-state index contributed by atoms with van der Waals surface area (Å²) < 4.78 is 0. The van der Waals surface area contributed by atoms with Gasteiger partial charge >= 0.3 is 0 Å². The Bertz CT molecular complexity index is 278. The van der Waals surface area contributed by atoms with Gasteiger partial charge in [-0.25, -0.2) is 0 Å². The van der Waals surface area contributed by atoms with E-state index in [0.717, 1.165) is 24.0 Å². The van der Waals surface area contributed by atoms with E-state index in [1.165, 1.54) is 51.7 Å². The highest BCUT2D eigenvalue weighted by molar-refractivity contribution is 5.02. The van der Waals surface area contributed by atoms with Crippen LogP contribution in [0.25, 0.3) is 0 Å². The molecule has 4 heterocycles. The molecular weight excluding hydrogens is 224 g/mol. The zero-order valence-corrected chi connectivity index (χ0v) is 11.1. The molecule has 4 saturated heterocycles. The normalized spacial score (nSPS) is 52.0. The van der Waals surface area contributed by atoms with Gasteiger partial charge in [0.05, 0.1) is 0 Å². The number of hydrogen-bond donors (Lipinski definition) is 4. The molecule has 102 valence electrons. The van der Waals surface area contributed by atoms with Crippen LogP contribution in [0.5, 0.6) is 0 Å². The average Bonchev–Trinajstić information content (AvgIpc) is 3.05. The van der Waals surface area contributed by atoms with Crippen molar-refractivity contribution in [2.75, 3.05) is 19.6 Å². The summed E-state index contributed by atoms with van der Waals surface area (Å²) >= 11 is 0. The van der Waals surface area contributed by atoms with Crippen molar-refractivity contribution in [1.82, 2.24) is 21.3 Å². The second-order valence-corrected chi connectivity index (χ2v) is 6.67. The maximum absolute atomic E-state index is 3.91. The third kappa shape index (κ3) is 1.99. The van der Waals surface area contributed by atoms with E-state index in [2.05, 4.69) is 21.3 Å². The van der Waals surface area contributed by atoms with Crippen molar-refractivity contribution >= 4 is 0 Å². The molecule has 4 nitrogen and oxygen atoms in total. The SMILES string of the molecule is C1CC2CNC(C3CCC4NCCC4N3)CC2N1. The molecule has 0 radical (unpaired) electrons. The Morgan fingerprint density at radius 3 is 2.39 bits per heavy atom. The van der Waals surface area contributed by atoms with E-state index >= 15 is 0 Å². The lowest BCUT2D eigenvalue weighted by atomic mass is 9.83. The van der Waals surface area contributed by atoms with Gasteiger partial charge in [-0.15, -0.1) is 0 Å². The van der Waals surface area contributed by atoms with E-state index in [4.69, 9.17) is 0 Å². The summed E-state index contributed by atoms with van der Waals surface area (Å²) in [4.78, 5) is 0. The molecule has 0 aliphatic carbocycles. The van der Waals surface area contributed by atoms with Crippen LogP contribution in [0.2, 0.25) is 0 Å². The Morgan fingerprint density at radius 2 is 1.39 bits per heavy atom. The van der Waals surface area contributed by atoms with E-state index in [0.29, 0.717) is 12.1 Å². The van der Waals surface area contributed by atoms with Gasteiger partial charge in [-0.1, -0.05) is 0 Å². The fraction of sp³-hybridized carbons (Fsp3) is 1.00. The molecule has 4 aliphatic rings. The first-order valence-corrected chi connectivity index (χ1v) is 7.86. The maximum Gasteiger partial charge on any atom is 0.0236 e. The van der Waals surface area contributed by atoms with Gasteiger partial charge in [0.25, 0.3) is 0 Å². The van der Waals surface area contributed by atoms with E-state index in [-0.39, 0.29) is 0 Å². The van der Waals surface area contributed by atoms with Crippen LogP contribution in [0, 0.1) is 5.92 Å². The number of piperidine rings is 2. The Kier molecular flexibility index (Phi) is 3.07. The predicted molar refractivity (Wildman–Crippen MR) is 72.7 cm³/mol. The van der Waals surface area contributed by atoms with Crippen LogP contribution in [0.15, 0.2) is 0 Å². The van der Waals surface area contributed by atoms with Crippen LogP contribution < -0.4 is 21.3 Å². The molecule has 0 saturated carbocycles. The fourth-order valence-electron chi connectivity index (χ4n) is 4.61. The third-order valence-electron chi connectivity index (χ3n) is 5.69. The molecule has 0 amide bonds. The Hall–Kier alpha value is -0.160. The van der Waals surface area contributed by atoms with Gasteiger partial charge in [0.2, 0.25) is 0 Å². The molecule has 0 aromatic carbocycles. The monoisotopic (exact) mass is 250 g/mol. The van der Waals surface area contributed by atoms with Crippen LogP contribution in [0.1, 0.15) is 32.1 Å². The molecule has 6 unspecified atom stereocenters. The molecule has 6 atom stereocenters. The minimum atomic E-state index is 0.693. The predicted octanol–water partition coefficient (Wildman–Crippen LogP) is -0.191. The van der Waals surface area contributed by atoms with Crippen LogP contribution >= 0.6 is 0 Å². The molecule has 4 rings (SSSR count). The summed E-state index contributed by atoms with van der Waals surface area (Å²) in [7, 11) is 0. The lowest BCUT2D eigenvalue weighted by Crippen LogP contribution is -2.61. The van der Waals surface area contributed by atoms with Crippen LogP contribution in [0.3, 0.4) is 0 Å². The van der Waals surface area contributed by atoms with Crippen molar-refractivity contribution in [3.8, 4) is 0 Å². The molecule has 4 fully saturated rings. The summed E-state index contributed by atoms with van der Waals surface area (Å²) in [6.07, 6.45) is 6.72. The summed E-state index contributed by atoms with van der Waals surface area (Å²) in [5.41, 5.74) is 0. The maximum atomic E-state index is 3.91. The Balaban J connectivity index is 1.38. The molecule has 0 bridgehead atoms. The Labute approximate surface area is 110 Å². The minimum Gasteiger partial charge on any atom is -0.314 e. The van der Waals surface area contributed by atoms with E-state index in [1.54, 1.807) is 0 Å². The second-order valence-electron chi connectivity index (χ2n) is 6.67. The minimum absolute atomic E-state index is 0.693.